The molecule has 0 saturated carbocycles. The number of aldehydes is 1. The van der Waals surface area contributed by atoms with Crippen LogP contribution in [0.25, 0.3) is 5.70 Å². The van der Waals surface area contributed by atoms with E-state index >= 15 is 0 Å². The number of aromatic nitrogens is 2. The van der Waals surface area contributed by atoms with E-state index in [1.807, 2.05) is 6.92 Å². The molecule has 0 radical (unpaired) electrons. The fourth-order valence-electron chi connectivity index (χ4n) is 3.49. The first kappa shape index (κ1) is 22.8. The number of allylic oxidation sites excluding steroid dienone is 2. The van der Waals surface area contributed by atoms with E-state index in [-0.39, 0.29) is 16.5 Å². The summed E-state index contributed by atoms with van der Waals surface area (Å²) >= 11 is 6.34. The van der Waals surface area contributed by atoms with Crippen LogP contribution in [0.1, 0.15) is 18.3 Å². The van der Waals surface area contributed by atoms with Crippen molar-refractivity contribution in [3.63, 3.8) is 0 Å². The van der Waals surface area contributed by atoms with Crippen molar-refractivity contribution in [2.75, 3.05) is 7.05 Å². The van der Waals surface area contributed by atoms with Gasteiger partial charge in [-0.2, -0.15) is 0 Å². The Labute approximate surface area is 185 Å². The molecule has 160 valence electrons. The Kier molecular flexibility index (Phi) is 6.14. The molecule has 0 fully saturated rings. The van der Waals surface area contributed by atoms with Crippen LogP contribution in [0.3, 0.4) is 0 Å². The summed E-state index contributed by atoms with van der Waals surface area (Å²) < 4.78 is 34.7. The zero-order valence-corrected chi connectivity index (χ0v) is 18.5. The van der Waals surface area contributed by atoms with E-state index in [0.717, 1.165) is 18.1 Å². The molecule has 11 heteroatoms. The minimum atomic E-state index is -1.34. The van der Waals surface area contributed by atoms with Gasteiger partial charge in [-0.3, -0.25) is 14.3 Å². The highest BCUT2D eigenvalue weighted by Gasteiger charge is 2.30. The van der Waals surface area contributed by atoms with Gasteiger partial charge >= 0.3 is 0 Å². The zero-order valence-electron chi connectivity index (χ0n) is 17.7. The van der Waals surface area contributed by atoms with Gasteiger partial charge in [0.25, 0.3) is 5.56 Å². The maximum absolute atomic E-state index is 14.2. The maximum Gasteiger partial charge on any atom is 0.277 e. The predicted molar refractivity (Wildman–Crippen MR) is 120 cm³/mol. The monoisotopic (exact) mass is 445 g/mol. The molecule has 0 amide bonds. The molecule has 2 aromatic heterocycles. The molecule has 1 unspecified atom stereocenters. The Morgan fingerprint density at radius 1 is 1.29 bits per heavy atom. The molecule has 0 aromatic carbocycles. The second-order valence-electron chi connectivity index (χ2n) is 7.86. The molecule has 0 spiro atoms. The molecule has 6 nitrogen and oxygen atoms in total. The summed E-state index contributed by atoms with van der Waals surface area (Å²) in [6.45, 7) is 3.51. The van der Waals surface area contributed by atoms with Crippen molar-refractivity contribution in [3.8, 4) is 5.75 Å². The fraction of sp³-hybridized carbons (Fsp3) is 0.250. The van der Waals surface area contributed by atoms with Crippen LogP contribution >= 0.6 is 11.6 Å². The summed E-state index contributed by atoms with van der Waals surface area (Å²) in [7, 11) is 4.84. The predicted octanol–water partition coefficient (Wildman–Crippen LogP) is 1.20. The van der Waals surface area contributed by atoms with E-state index in [2.05, 4.69) is 4.98 Å². The Morgan fingerprint density at radius 2 is 1.97 bits per heavy atom. The van der Waals surface area contributed by atoms with Crippen LogP contribution in [0.4, 0.5) is 8.78 Å². The van der Waals surface area contributed by atoms with Gasteiger partial charge in [-0.15, -0.1) is 0 Å². The Hall–Kier alpha value is -2.87. The van der Waals surface area contributed by atoms with Gasteiger partial charge in [0.2, 0.25) is 0 Å². The second kappa shape index (κ2) is 8.34. The topological polar surface area (TPSA) is 64.4 Å². The van der Waals surface area contributed by atoms with Gasteiger partial charge in [0.15, 0.2) is 15.7 Å². The summed E-state index contributed by atoms with van der Waals surface area (Å²) in [5, 5.41) is -1.55. The highest BCUT2D eigenvalue weighted by molar-refractivity contribution is 6.39. The summed E-state index contributed by atoms with van der Waals surface area (Å²) in [5.74, 6) is -1.64. The smallest absolute Gasteiger partial charge is 0.277 e. The first-order valence-corrected chi connectivity index (χ1v) is 9.85. The molecule has 0 N–H and O–H groups in total. The summed E-state index contributed by atoms with van der Waals surface area (Å²) in [4.78, 5) is 30.0. The van der Waals surface area contributed by atoms with Crippen LogP contribution in [0.2, 0.25) is 5.02 Å². The van der Waals surface area contributed by atoms with Crippen molar-refractivity contribution in [1.82, 2.24) is 14.5 Å². The van der Waals surface area contributed by atoms with Crippen LogP contribution in [-0.2, 0) is 10.2 Å². The van der Waals surface area contributed by atoms with Crippen molar-refractivity contribution in [3.05, 3.63) is 74.6 Å². The third-order valence-corrected chi connectivity index (χ3v) is 5.37. The van der Waals surface area contributed by atoms with E-state index in [1.54, 1.807) is 37.2 Å². The number of likely N-dealkylation sites (N-methyl/N-ethyl adjacent to an activating group) is 1. The first-order valence-electron chi connectivity index (χ1n) is 9.47. The van der Waals surface area contributed by atoms with Gasteiger partial charge < -0.3 is 14.4 Å². The number of ether oxygens (including phenoxy) is 1. The highest BCUT2D eigenvalue weighted by Crippen LogP contribution is 2.31. The van der Waals surface area contributed by atoms with Crippen molar-refractivity contribution < 1.29 is 18.3 Å². The van der Waals surface area contributed by atoms with Gasteiger partial charge in [0, 0.05) is 31.1 Å². The number of pyridine rings is 2. The number of carbonyl (C=O) groups excluding carboxylic acids is 1. The molecule has 1 aliphatic heterocycles. The number of aryl methyl sites for hydroxylation is 1. The first-order chi connectivity index (χ1) is 14.5. The van der Waals surface area contributed by atoms with E-state index < -0.39 is 28.6 Å². The quantitative estimate of drug-likeness (QED) is 0.511. The minimum absolute atomic E-state index is 0.0399. The minimum Gasteiger partial charge on any atom is -0.498 e. The largest absolute Gasteiger partial charge is 0.498 e. The fourth-order valence-corrected chi connectivity index (χ4v) is 3.67. The van der Waals surface area contributed by atoms with E-state index in [4.69, 9.17) is 16.3 Å². The van der Waals surface area contributed by atoms with E-state index in [1.165, 1.54) is 20.3 Å². The molecule has 2 aromatic rings. The van der Waals surface area contributed by atoms with Crippen LogP contribution < -0.4 is 10.3 Å². The number of hydrogen-bond donors (Lipinski definition) is 0. The van der Waals surface area contributed by atoms with Gasteiger partial charge in [-0.25, -0.2) is 8.78 Å². The van der Waals surface area contributed by atoms with Crippen molar-refractivity contribution >= 4 is 39.3 Å². The van der Waals surface area contributed by atoms with Crippen molar-refractivity contribution in [2.24, 2.45) is 0 Å². The summed E-state index contributed by atoms with van der Waals surface area (Å²) in [6, 6.07) is 1.74. The van der Waals surface area contributed by atoms with Crippen molar-refractivity contribution in [2.45, 2.75) is 25.3 Å². The molecular weight excluding hydrogens is 425 g/mol. The average molecular weight is 445 g/mol. The molecule has 1 atom stereocenters. The molecule has 0 bridgehead atoms. The Morgan fingerprint density at radius 3 is 2.58 bits per heavy atom. The van der Waals surface area contributed by atoms with Crippen LogP contribution in [0.5, 0.6) is 5.75 Å². The zero-order chi connectivity index (χ0) is 23.1. The Balaban J connectivity index is 2.06. The molecule has 1 aliphatic rings. The lowest BCUT2D eigenvalue weighted by Gasteiger charge is -2.30. The average Bonchev–Trinajstić information content (AvgIpc) is 2.67. The van der Waals surface area contributed by atoms with Gasteiger partial charge in [-0.1, -0.05) is 11.6 Å². The van der Waals surface area contributed by atoms with Gasteiger partial charge in [-0.05, 0) is 25.5 Å². The van der Waals surface area contributed by atoms with Crippen LogP contribution in [0.15, 0.2) is 41.0 Å². The number of carbonyl (C=O) groups is 1. The normalized spacial score (nSPS) is 16.6. The number of nitrogens with zero attached hydrogens (tertiary/aromatic N) is 3. The molecule has 0 saturated heterocycles. The number of hydrogen-bond acceptors (Lipinski definition) is 5. The molecular formula is C20H20B2ClF2N3O3. The number of halogens is 3. The lowest BCUT2D eigenvalue weighted by molar-refractivity contribution is -0.110. The second-order valence-corrected chi connectivity index (χ2v) is 8.23. The molecule has 3 rings (SSSR count). The van der Waals surface area contributed by atoms with Crippen LogP contribution in [0, 0.1) is 18.6 Å². The molecule has 3 heterocycles. The Bertz CT molecular complexity index is 1180. The lowest BCUT2D eigenvalue weighted by atomic mass is 9.62. The van der Waals surface area contributed by atoms with E-state index in [9.17, 15) is 18.4 Å². The van der Waals surface area contributed by atoms with Crippen LogP contribution in [-0.4, -0.2) is 49.5 Å². The van der Waals surface area contributed by atoms with Crippen molar-refractivity contribution in [1.29, 1.82) is 0 Å². The third kappa shape index (κ3) is 4.30. The molecule has 31 heavy (non-hydrogen) atoms. The molecule has 0 aliphatic carbocycles. The highest BCUT2D eigenvalue weighted by atomic mass is 35.5. The lowest BCUT2D eigenvalue weighted by Crippen LogP contribution is -2.37. The van der Waals surface area contributed by atoms with E-state index in [0.29, 0.717) is 17.5 Å². The number of rotatable bonds is 5. The maximum atomic E-state index is 14.2. The third-order valence-electron chi connectivity index (χ3n) is 5.02. The standard InChI is InChI=1S/C20H20B2ClF2N3O3/c1-10-8-27(3)13(9-29)6-15(10)28-11(2)4-16(17(23)19(28)30)31-20(21,22)18-14(25)5-12(24)7-26-18/h4-9,13H,21-22H2,1-3H3. The van der Waals surface area contributed by atoms with Gasteiger partial charge in [0.05, 0.1) is 17.3 Å². The summed E-state index contributed by atoms with van der Waals surface area (Å²) in [6.07, 6.45) is 5.11. The summed E-state index contributed by atoms with van der Waals surface area (Å²) in [5.41, 5.74) is 1.14. The SMILES string of the molecule is BC(B)(Oc1cc(C)n(C2=CC(C=O)N(C)C=C2C)c(=O)c1Cl)c1ncc(F)cc1F. The van der Waals surface area contributed by atoms with Gasteiger partial charge in [0.1, 0.15) is 40.4 Å².